The Morgan fingerprint density at radius 3 is 2.38 bits per heavy atom. The van der Waals surface area contributed by atoms with E-state index in [-0.39, 0.29) is 11.7 Å². The predicted molar refractivity (Wildman–Crippen MR) is 102 cm³/mol. The third kappa shape index (κ3) is 3.05. The highest BCUT2D eigenvalue weighted by Crippen LogP contribution is 2.23. The number of halogens is 1. The van der Waals surface area contributed by atoms with Crippen LogP contribution in [0.3, 0.4) is 0 Å². The fraction of sp³-hybridized carbons (Fsp3) is 0.286. The molecular weight excluding hydrogens is 329 g/mol. The zero-order valence-electron chi connectivity index (χ0n) is 15.1. The van der Waals surface area contributed by atoms with Crippen LogP contribution >= 0.6 is 0 Å². The number of benzene rings is 2. The second kappa shape index (κ2) is 6.48. The van der Waals surface area contributed by atoms with Crippen LogP contribution in [0, 0.1) is 19.7 Å². The van der Waals surface area contributed by atoms with E-state index in [9.17, 15) is 9.18 Å². The van der Waals surface area contributed by atoms with E-state index in [2.05, 4.69) is 35.9 Å². The summed E-state index contributed by atoms with van der Waals surface area (Å²) in [6.45, 7) is 6.93. The minimum Gasteiger partial charge on any atom is -0.368 e. The van der Waals surface area contributed by atoms with Crippen molar-refractivity contribution in [3.05, 3.63) is 65.1 Å². The Hall–Kier alpha value is -2.82. The lowest BCUT2D eigenvalue weighted by molar-refractivity contribution is 0.0742. The number of nitrogens with zero attached hydrogens (tertiary/aromatic N) is 2. The number of amides is 1. The second-order valence-corrected chi connectivity index (χ2v) is 6.98. The Morgan fingerprint density at radius 2 is 1.69 bits per heavy atom. The Morgan fingerprint density at radius 1 is 1.00 bits per heavy atom. The third-order valence-corrected chi connectivity index (χ3v) is 5.08. The van der Waals surface area contributed by atoms with Crippen molar-refractivity contribution in [3.63, 3.8) is 0 Å². The van der Waals surface area contributed by atoms with Crippen molar-refractivity contribution < 1.29 is 9.18 Å². The fourth-order valence-electron chi connectivity index (χ4n) is 3.70. The first-order valence-corrected chi connectivity index (χ1v) is 8.91. The van der Waals surface area contributed by atoms with E-state index in [0.29, 0.717) is 18.8 Å². The smallest absolute Gasteiger partial charge is 0.270 e. The number of piperazine rings is 1. The number of H-pyrrole nitrogens is 1. The number of aryl methyl sites for hydroxylation is 2. The summed E-state index contributed by atoms with van der Waals surface area (Å²) in [5.41, 5.74) is 5.01. The van der Waals surface area contributed by atoms with Crippen LogP contribution in [0.4, 0.5) is 10.1 Å². The highest BCUT2D eigenvalue weighted by atomic mass is 19.1. The van der Waals surface area contributed by atoms with Gasteiger partial charge in [-0.05, 0) is 61.4 Å². The van der Waals surface area contributed by atoms with Crippen molar-refractivity contribution in [1.82, 2.24) is 9.88 Å². The molecule has 0 saturated carbocycles. The molecule has 1 N–H and O–H groups in total. The van der Waals surface area contributed by atoms with Crippen LogP contribution in [-0.2, 0) is 0 Å². The van der Waals surface area contributed by atoms with Crippen molar-refractivity contribution >= 4 is 22.5 Å². The molecule has 0 radical (unpaired) electrons. The number of rotatable bonds is 2. The summed E-state index contributed by atoms with van der Waals surface area (Å²) in [7, 11) is 0. The van der Waals surface area contributed by atoms with Crippen LogP contribution in [0.2, 0.25) is 0 Å². The van der Waals surface area contributed by atoms with Gasteiger partial charge in [0.05, 0.1) is 0 Å². The van der Waals surface area contributed by atoms with Crippen molar-refractivity contribution in [3.8, 4) is 0 Å². The average Bonchev–Trinajstić information content (AvgIpc) is 3.06. The van der Waals surface area contributed by atoms with E-state index < -0.39 is 0 Å². The Balaban J connectivity index is 1.48. The Bertz CT molecular complexity index is 953. The van der Waals surface area contributed by atoms with Gasteiger partial charge in [0.1, 0.15) is 11.5 Å². The summed E-state index contributed by atoms with van der Waals surface area (Å²) in [6, 6.07) is 12.7. The van der Waals surface area contributed by atoms with Crippen molar-refractivity contribution in [2.75, 3.05) is 31.1 Å². The predicted octanol–water partition coefficient (Wildman–Crippen LogP) is 3.89. The molecule has 4 nitrogen and oxygen atoms in total. The quantitative estimate of drug-likeness (QED) is 0.761. The molecule has 4 rings (SSSR count). The lowest BCUT2D eigenvalue weighted by Crippen LogP contribution is -2.48. The first kappa shape index (κ1) is 16.6. The van der Waals surface area contributed by atoms with Crippen LogP contribution < -0.4 is 4.90 Å². The molecule has 0 unspecified atom stereocenters. The summed E-state index contributed by atoms with van der Waals surface area (Å²) in [6.07, 6.45) is 0. The molecular formula is C21H22FN3O. The zero-order chi connectivity index (χ0) is 18.3. The van der Waals surface area contributed by atoms with Gasteiger partial charge in [-0.15, -0.1) is 0 Å². The molecule has 26 heavy (non-hydrogen) atoms. The van der Waals surface area contributed by atoms with Crippen molar-refractivity contribution in [2.24, 2.45) is 0 Å². The van der Waals surface area contributed by atoms with Crippen LogP contribution in [0.15, 0.2) is 42.5 Å². The number of aromatic nitrogens is 1. The number of hydrogen-bond acceptors (Lipinski definition) is 2. The van der Waals surface area contributed by atoms with Crippen molar-refractivity contribution in [2.45, 2.75) is 13.8 Å². The number of aromatic amines is 1. The molecule has 1 saturated heterocycles. The molecule has 2 aromatic carbocycles. The van der Waals surface area contributed by atoms with Crippen LogP contribution in [-0.4, -0.2) is 42.0 Å². The monoisotopic (exact) mass is 351 g/mol. The number of hydrogen-bond donors (Lipinski definition) is 1. The average molecular weight is 351 g/mol. The fourth-order valence-corrected chi connectivity index (χ4v) is 3.70. The normalized spacial score (nSPS) is 14.9. The molecule has 1 aliphatic heterocycles. The van der Waals surface area contributed by atoms with Gasteiger partial charge in [0.25, 0.3) is 5.91 Å². The number of nitrogens with one attached hydrogen (secondary N) is 1. The Labute approximate surface area is 152 Å². The molecule has 1 aliphatic rings. The van der Waals surface area contributed by atoms with E-state index in [1.54, 1.807) is 12.1 Å². The maximum atomic E-state index is 13.1. The van der Waals surface area contributed by atoms with E-state index in [1.165, 1.54) is 23.3 Å². The zero-order valence-corrected chi connectivity index (χ0v) is 15.1. The molecule has 1 amide bonds. The topological polar surface area (TPSA) is 39.3 Å². The maximum absolute atomic E-state index is 13.1. The molecule has 3 aromatic rings. The van der Waals surface area contributed by atoms with Gasteiger partial charge in [0.2, 0.25) is 0 Å². The minimum atomic E-state index is -0.230. The SMILES string of the molecule is Cc1cc(C)c2cc(C(=O)N3CCN(c4ccc(F)cc4)CC3)[nH]c2c1. The van der Waals surface area contributed by atoms with E-state index >= 15 is 0 Å². The standard InChI is InChI=1S/C21H22FN3O/c1-14-11-15(2)18-13-20(23-19(18)12-14)21(26)25-9-7-24(8-10-25)17-5-3-16(22)4-6-17/h3-6,11-13,23H,7-10H2,1-2H3. The first-order valence-electron chi connectivity index (χ1n) is 8.91. The first-order chi connectivity index (χ1) is 12.5. The largest absolute Gasteiger partial charge is 0.368 e. The van der Waals surface area contributed by atoms with Gasteiger partial charge < -0.3 is 14.8 Å². The lowest BCUT2D eigenvalue weighted by atomic mass is 10.1. The highest BCUT2D eigenvalue weighted by molar-refractivity contribution is 5.99. The van der Waals surface area contributed by atoms with Gasteiger partial charge >= 0.3 is 0 Å². The van der Waals surface area contributed by atoms with E-state index in [1.807, 2.05) is 11.0 Å². The van der Waals surface area contributed by atoms with Crippen LogP contribution in [0.5, 0.6) is 0 Å². The summed E-state index contributed by atoms with van der Waals surface area (Å²) in [5, 5.41) is 1.10. The summed E-state index contributed by atoms with van der Waals surface area (Å²) in [5.74, 6) is -0.191. The molecule has 0 bridgehead atoms. The van der Waals surface area contributed by atoms with Crippen LogP contribution in [0.1, 0.15) is 21.6 Å². The molecule has 5 heteroatoms. The molecule has 0 spiro atoms. The summed E-state index contributed by atoms with van der Waals surface area (Å²) >= 11 is 0. The van der Waals surface area contributed by atoms with Gasteiger partial charge in [-0.1, -0.05) is 6.07 Å². The maximum Gasteiger partial charge on any atom is 0.270 e. The second-order valence-electron chi connectivity index (χ2n) is 6.98. The minimum absolute atomic E-state index is 0.0389. The molecule has 0 aliphatic carbocycles. The lowest BCUT2D eigenvalue weighted by Gasteiger charge is -2.36. The Kier molecular flexibility index (Phi) is 4.15. The highest BCUT2D eigenvalue weighted by Gasteiger charge is 2.23. The number of carbonyl (C=O) groups excluding carboxylic acids is 1. The van der Waals surface area contributed by atoms with Gasteiger partial charge in [-0.2, -0.15) is 0 Å². The molecule has 134 valence electrons. The van der Waals surface area contributed by atoms with Crippen molar-refractivity contribution in [1.29, 1.82) is 0 Å². The van der Waals surface area contributed by atoms with Gasteiger partial charge in [-0.25, -0.2) is 4.39 Å². The molecule has 1 fully saturated rings. The van der Waals surface area contributed by atoms with E-state index in [0.717, 1.165) is 29.7 Å². The number of carbonyl (C=O) groups is 1. The summed E-state index contributed by atoms with van der Waals surface area (Å²) in [4.78, 5) is 20.2. The van der Waals surface area contributed by atoms with Crippen LogP contribution in [0.25, 0.3) is 10.9 Å². The van der Waals surface area contributed by atoms with E-state index in [4.69, 9.17) is 0 Å². The number of anilines is 1. The van der Waals surface area contributed by atoms with Gasteiger partial charge in [0.15, 0.2) is 0 Å². The molecule has 0 atom stereocenters. The van der Waals surface area contributed by atoms with Gasteiger partial charge in [0, 0.05) is 42.8 Å². The molecule has 1 aromatic heterocycles. The van der Waals surface area contributed by atoms with Gasteiger partial charge in [-0.3, -0.25) is 4.79 Å². The molecule has 2 heterocycles. The summed E-state index contributed by atoms with van der Waals surface area (Å²) < 4.78 is 13.1. The number of fused-ring (bicyclic) bond motifs is 1. The third-order valence-electron chi connectivity index (χ3n) is 5.08.